The van der Waals surface area contributed by atoms with Gasteiger partial charge in [-0.25, -0.2) is 4.98 Å². The van der Waals surface area contributed by atoms with E-state index in [1.807, 2.05) is 43.3 Å². The molecule has 92 valence electrons. The maximum atomic E-state index is 8.66. The first kappa shape index (κ1) is 12.5. The molecule has 0 spiro atoms. The predicted octanol–water partition coefficient (Wildman–Crippen LogP) is 2.86. The number of nitrogens with one attached hydrogen (secondary N) is 1. The summed E-state index contributed by atoms with van der Waals surface area (Å²) in [4.78, 5) is 9.32. The zero-order chi connectivity index (χ0) is 13.1. The average molecular weight is 261 g/mol. The number of halogens is 1. The van der Waals surface area contributed by atoms with Gasteiger partial charge in [0, 0.05) is 25.3 Å². The van der Waals surface area contributed by atoms with E-state index in [2.05, 4.69) is 16.0 Å². The Balaban J connectivity index is 2.31. The van der Waals surface area contributed by atoms with Crippen molar-refractivity contribution in [3.05, 3.63) is 35.1 Å². The summed E-state index contributed by atoms with van der Waals surface area (Å²) in [6, 6.07) is 10.0. The van der Waals surface area contributed by atoms with E-state index in [0.717, 1.165) is 11.3 Å². The van der Waals surface area contributed by atoms with Crippen molar-refractivity contribution in [2.75, 3.05) is 19.0 Å². The highest BCUT2D eigenvalue weighted by Crippen LogP contribution is 2.23. The minimum atomic E-state index is 0.238. The standard InChI is InChI=1S/C13H13ClN4/c1-18(2)10-5-3-9(4-6-10)13-16-11(7-8-15)12(14)17-13/h3-6H,7H2,1-2H3,(H,16,17). The maximum absolute atomic E-state index is 8.66. The Labute approximate surface area is 111 Å². The molecular weight excluding hydrogens is 248 g/mol. The maximum Gasteiger partial charge on any atom is 0.151 e. The van der Waals surface area contributed by atoms with Crippen molar-refractivity contribution >= 4 is 17.3 Å². The topological polar surface area (TPSA) is 55.7 Å². The van der Waals surface area contributed by atoms with Gasteiger partial charge in [-0.15, -0.1) is 0 Å². The first-order chi connectivity index (χ1) is 8.61. The van der Waals surface area contributed by atoms with Crippen LogP contribution in [0.15, 0.2) is 24.3 Å². The molecule has 1 aromatic carbocycles. The van der Waals surface area contributed by atoms with Crippen molar-refractivity contribution in [2.24, 2.45) is 0 Å². The zero-order valence-corrected chi connectivity index (χ0v) is 11.0. The molecule has 4 nitrogen and oxygen atoms in total. The summed E-state index contributed by atoms with van der Waals surface area (Å²) < 4.78 is 0. The number of imidazole rings is 1. The fourth-order valence-corrected chi connectivity index (χ4v) is 1.84. The van der Waals surface area contributed by atoms with Gasteiger partial charge in [0.2, 0.25) is 0 Å². The number of nitrogens with zero attached hydrogens (tertiary/aromatic N) is 3. The van der Waals surface area contributed by atoms with E-state index in [9.17, 15) is 0 Å². The van der Waals surface area contributed by atoms with Gasteiger partial charge < -0.3 is 9.88 Å². The number of anilines is 1. The van der Waals surface area contributed by atoms with Crippen molar-refractivity contribution in [1.29, 1.82) is 5.26 Å². The Morgan fingerprint density at radius 2 is 2.00 bits per heavy atom. The van der Waals surface area contributed by atoms with Crippen LogP contribution in [-0.2, 0) is 6.42 Å². The largest absolute Gasteiger partial charge is 0.378 e. The fraction of sp³-hybridized carbons (Fsp3) is 0.231. The minimum Gasteiger partial charge on any atom is -0.378 e. The summed E-state index contributed by atoms with van der Waals surface area (Å²) in [5.41, 5.74) is 2.73. The smallest absolute Gasteiger partial charge is 0.151 e. The van der Waals surface area contributed by atoms with Crippen LogP contribution in [0.5, 0.6) is 0 Å². The monoisotopic (exact) mass is 260 g/mol. The Kier molecular flexibility index (Phi) is 3.54. The van der Waals surface area contributed by atoms with Crippen LogP contribution in [0.4, 0.5) is 5.69 Å². The van der Waals surface area contributed by atoms with Crippen LogP contribution in [-0.4, -0.2) is 24.1 Å². The van der Waals surface area contributed by atoms with Crippen LogP contribution in [0.3, 0.4) is 0 Å². The molecule has 1 aromatic heterocycles. The second-order valence-corrected chi connectivity index (χ2v) is 4.49. The van der Waals surface area contributed by atoms with E-state index in [-0.39, 0.29) is 6.42 Å². The van der Waals surface area contributed by atoms with E-state index >= 15 is 0 Å². The molecule has 18 heavy (non-hydrogen) atoms. The molecule has 0 bridgehead atoms. The highest BCUT2D eigenvalue weighted by atomic mass is 35.5. The van der Waals surface area contributed by atoms with Gasteiger partial charge >= 0.3 is 0 Å². The van der Waals surface area contributed by atoms with E-state index in [0.29, 0.717) is 16.7 Å². The summed E-state index contributed by atoms with van der Waals surface area (Å²) in [6.07, 6.45) is 0.238. The Morgan fingerprint density at radius 1 is 1.33 bits per heavy atom. The highest BCUT2D eigenvalue weighted by Gasteiger charge is 2.09. The number of nitriles is 1. The molecule has 0 fully saturated rings. The molecule has 2 aromatic rings. The van der Waals surface area contributed by atoms with Gasteiger partial charge in [0.15, 0.2) is 5.15 Å². The third-order valence-corrected chi connectivity index (χ3v) is 2.95. The summed E-state index contributed by atoms with van der Waals surface area (Å²) in [5.74, 6) is 0.690. The molecule has 5 heteroatoms. The molecular formula is C13H13ClN4. The lowest BCUT2D eigenvalue weighted by Crippen LogP contribution is -2.07. The molecule has 0 radical (unpaired) electrons. The SMILES string of the molecule is CN(C)c1ccc(-c2nc(Cl)c(CC#N)[nH]2)cc1. The quantitative estimate of drug-likeness (QED) is 0.923. The van der Waals surface area contributed by atoms with Crippen LogP contribution in [0.2, 0.25) is 5.15 Å². The number of rotatable bonds is 3. The Hall–Kier alpha value is -1.99. The number of hydrogen-bond acceptors (Lipinski definition) is 3. The molecule has 1 heterocycles. The van der Waals surface area contributed by atoms with Crippen LogP contribution in [0, 0.1) is 11.3 Å². The van der Waals surface area contributed by atoms with Gasteiger partial charge in [-0.2, -0.15) is 5.26 Å². The number of aromatic nitrogens is 2. The van der Waals surface area contributed by atoms with Gasteiger partial charge in [-0.05, 0) is 24.3 Å². The van der Waals surface area contributed by atoms with Crippen molar-refractivity contribution in [3.8, 4) is 17.5 Å². The van der Waals surface area contributed by atoms with Crippen molar-refractivity contribution in [1.82, 2.24) is 9.97 Å². The second-order valence-electron chi connectivity index (χ2n) is 4.13. The summed E-state index contributed by atoms with van der Waals surface area (Å²) in [5, 5.41) is 9.02. The Bertz CT molecular complexity index is 578. The van der Waals surface area contributed by atoms with Crippen molar-refractivity contribution < 1.29 is 0 Å². The first-order valence-corrected chi connectivity index (χ1v) is 5.88. The molecule has 2 rings (SSSR count). The van der Waals surface area contributed by atoms with Crippen LogP contribution in [0.1, 0.15) is 5.69 Å². The fourth-order valence-electron chi connectivity index (χ4n) is 1.64. The third kappa shape index (κ3) is 2.47. The normalized spacial score (nSPS) is 10.1. The number of benzene rings is 1. The minimum absolute atomic E-state index is 0.238. The van der Waals surface area contributed by atoms with Crippen LogP contribution >= 0.6 is 11.6 Å². The lowest BCUT2D eigenvalue weighted by molar-refractivity contribution is 1.13. The van der Waals surface area contributed by atoms with Crippen molar-refractivity contribution in [3.63, 3.8) is 0 Å². The van der Waals surface area contributed by atoms with Gasteiger partial charge in [0.25, 0.3) is 0 Å². The molecule has 0 unspecified atom stereocenters. The molecule has 1 N–H and O–H groups in total. The van der Waals surface area contributed by atoms with Gasteiger partial charge in [-0.1, -0.05) is 11.6 Å². The van der Waals surface area contributed by atoms with E-state index in [4.69, 9.17) is 16.9 Å². The highest BCUT2D eigenvalue weighted by molar-refractivity contribution is 6.30. The number of hydrogen-bond donors (Lipinski definition) is 1. The summed E-state index contributed by atoms with van der Waals surface area (Å²) in [6.45, 7) is 0. The summed E-state index contributed by atoms with van der Waals surface area (Å²) >= 11 is 5.95. The van der Waals surface area contributed by atoms with Crippen LogP contribution < -0.4 is 4.90 Å². The molecule has 0 saturated heterocycles. The first-order valence-electron chi connectivity index (χ1n) is 5.51. The van der Waals surface area contributed by atoms with Gasteiger partial charge in [0.1, 0.15) is 5.82 Å². The molecule has 0 aliphatic rings. The lowest BCUT2D eigenvalue weighted by Gasteiger charge is -2.12. The molecule has 0 saturated carbocycles. The average Bonchev–Trinajstić information content (AvgIpc) is 2.72. The zero-order valence-electron chi connectivity index (χ0n) is 10.2. The number of H-pyrrole nitrogens is 1. The number of aromatic amines is 1. The molecule has 0 aliphatic heterocycles. The lowest BCUT2D eigenvalue weighted by atomic mass is 10.2. The summed E-state index contributed by atoms with van der Waals surface area (Å²) in [7, 11) is 3.98. The predicted molar refractivity (Wildman–Crippen MR) is 72.7 cm³/mol. The third-order valence-electron chi connectivity index (χ3n) is 2.64. The van der Waals surface area contributed by atoms with Gasteiger partial charge in [-0.3, -0.25) is 0 Å². The Morgan fingerprint density at radius 3 is 2.56 bits per heavy atom. The molecule has 0 aliphatic carbocycles. The second kappa shape index (κ2) is 5.11. The van der Waals surface area contributed by atoms with Crippen LogP contribution in [0.25, 0.3) is 11.4 Å². The van der Waals surface area contributed by atoms with Gasteiger partial charge in [0.05, 0.1) is 18.2 Å². The van der Waals surface area contributed by atoms with E-state index in [1.165, 1.54) is 0 Å². The molecule has 0 atom stereocenters. The van der Waals surface area contributed by atoms with Crippen molar-refractivity contribution in [2.45, 2.75) is 6.42 Å². The van der Waals surface area contributed by atoms with E-state index in [1.54, 1.807) is 0 Å². The van der Waals surface area contributed by atoms with E-state index < -0.39 is 0 Å². The molecule has 0 amide bonds.